The molecule has 0 amide bonds. The van der Waals surface area contributed by atoms with Crippen molar-refractivity contribution in [3.8, 4) is 11.1 Å². The van der Waals surface area contributed by atoms with Crippen LogP contribution in [0.25, 0.3) is 23.3 Å². The quantitative estimate of drug-likeness (QED) is 0.368. The second kappa shape index (κ2) is 10.3. The molecule has 0 heterocycles. The van der Waals surface area contributed by atoms with Gasteiger partial charge in [0.2, 0.25) is 0 Å². The molecule has 3 heteroatoms. The van der Waals surface area contributed by atoms with Crippen molar-refractivity contribution in [3.63, 3.8) is 0 Å². The summed E-state index contributed by atoms with van der Waals surface area (Å²) < 4.78 is 0. The number of aliphatic hydroxyl groups is 1. The van der Waals surface area contributed by atoms with Gasteiger partial charge in [-0.1, -0.05) is 79.2 Å². The topological polar surface area (TPSA) is 37.3 Å². The van der Waals surface area contributed by atoms with Crippen LogP contribution in [0.1, 0.15) is 48.1 Å². The highest BCUT2D eigenvalue weighted by atomic mass is 35.5. The fourth-order valence-electron chi connectivity index (χ4n) is 3.77. The van der Waals surface area contributed by atoms with Gasteiger partial charge < -0.3 is 5.11 Å². The third-order valence-corrected chi connectivity index (χ3v) is 6.73. The molecule has 166 valence electrons. The summed E-state index contributed by atoms with van der Waals surface area (Å²) in [7, 11) is 0. The van der Waals surface area contributed by atoms with Crippen molar-refractivity contribution in [2.24, 2.45) is 5.41 Å². The van der Waals surface area contributed by atoms with Crippen LogP contribution in [0.2, 0.25) is 5.02 Å². The number of ketones is 1. The van der Waals surface area contributed by atoms with E-state index in [1.807, 2.05) is 31.2 Å². The lowest BCUT2D eigenvalue weighted by Crippen LogP contribution is -2.30. The van der Waals surface area contributed by atoms with E-state index in [4.69, 9.17) is 11.6 Å². The number of rotatable bonds is 8. The number of carbonyl (C=O) groups excluding carboxylic acids is 1. The third-order valence-electron chi connectivity index (χ3n) is 6.48. The second-order valence-corrected chi connectivity index (χ2v) is 9.26. The Morgan fingerprint density at radius 3 is 2.34 bits per heavy atom. The minimum Gasteiger partial charge on any atom is -0.395 e. The summed E-state index contributed by atoms with van der Waals surface area (Å²) in [5.74, 6) is 0.0308. The highest BCUT2D eigenvalue weighted by molar-refractivity contribution is 6.30. The Morgan fingerprint density at radius 2 is 1.69 bits per heavy atom. The Hall–Kier alpha value is -2.68. The first-order valence-corrected chi connectivity index (χ1v) is 11.4. The van der Waals surface area contributed by atoms with Gasteiger partial charge in [0.05, 0.1) is 6.61 Å². The molecule has 0 bridgehead atoms. The maximum atomic E-state index is 11.9. The SMILES string of the molecule is CC(=O)C(C)(CO)CCc1ccc(C)c(/C=C/c2cccc(-c3ccc(Cl)cc3)c2C)c1. The van der Waals surface area contributed by atoms with Crippen molar-refractivity contribution < 1.29 is 9.90 Å². The van der Waals surface area contributed by atoms with Crippen LogP contribution in [0.4, 0.5) is 0 Å². The van der Waals surface area contributed by atoms with Crippen LogP contribution in [0, 0.1) is 19.3 Å². The monoisotopic (exact) mass is 446 g/mol. The highest BCUT2D eigenvalue weighted by Gasteiger charge is 2.28. The van der Waals surface area contributed by atoms with Gasteiger partial charge in [0.1, 0.15) is 5.78 Å². The van der Waals surface area contributed by atoms with Crippen molar-refractivity contribution >= 4 is 29.5 Å². The maximum absolute atomic E-state index is 11.9. The highest BCUT2D eigenvalue weighted by Crippen LogP contribution is 2.29. The summed E-state index contributed by atoms with van der Waals surface area (Å²) in [6.07, 6.45) is 5.70. The van der Waals surface area contributed by atoms with Gasteiger partial charge in [-0.3, -0.25) is 4.79 Å². The molecule has 1 unspecified atom stereocenters. The molecule has 3 aromatic rings. The summed E-state index contributed by atoms with van der Waals surface area (Å²) >= 11 is 6.05. The summed E-state index contributed by atoms with van der Waals surface area (Å²) in [5, 5.41) is 10.4. The average Bonchev–Trinajstić information content (AvgIpc) is 2.78. The van der Waals surface area contributed by atoms with Gasteiger partial charge in [-0.25, -0.2) is 0 Å². The minimum absolute atomic E-state index is 0.0308. The van der Waals surface area contributed by atoms with E-state index in [1.54, 1.807) is 6.92 Å². The van der Waals surface area contributed by atoms with Crippen molar-refractivity contribution in [1.82, 2.24) is 0 Å². The molecule has 1 atom stereocenters. The molecule has 0 spiro atoms. The smallest absolute Gasteiger partial charge is 0.137 e. The molecule has 32 heavy (non-hydrogen) atoms. The lowest BCUT2D eigenvalue weighted by Gasteiger charge is -2.24. The number of halogens is 1. The molecule has 3 rings (SSSR count). The van der Waals surface area contributed by atoms with E-state index >= 15 is 0 Å². The summed E-state index contributed by atoms with van der Waals surface area (Å²) in [6.45, 7) is 7.52. The molecule has 3 aromatic carbocycles. The first-order valence-electron chi connectivity index (χ1n) is 11.0. The number of benzene rings is 3. The zero-order valence-electron chi connectivity index (χ0n) is 19.3. The Bertz CT molecular complexity index is 1130. The number of hydrogen-bond donors (Lipinski definition) is 1. The van der Waals surface area contributed by atoms with Crippen molar-refractivity contribution in [2.75, 3.05) is 6.61 Å². The normalized spacial score (nSPS) is 13.3. The van der Waals surface area contributed by atoms with Crippen LogP contribution in [0.5, 0.6) is 0 Å². The van der Waals surface area contributed by atoms with Crippen LogP contribution in [0.15, 0.2) is 60.7 Å². The lowest BCUT2D eigenvalue weighted by atomic mass is 9.81. The standard InChI is InChI=1S/C29H31ClO2/c1-20-8-9-23(16-17-29(4,19-31)22(3)32)18-26(20)11-10-24-6-5-7-28(21(24)2)25-12-14-27(30)15-13-25/h5-15,18,31H,16-17,19H2,1-4H3/b11-10+. The van der Waals surface area contributed by atoms with Crippen molar-refractivity contribution in [2.45, 2.75) is 40.5 Å². The van der Waals surface area contributed by atoms with E-state index in [0.29, 0.717) is 6.42 Å². The number of hydrogen-bond acceptors (Lipinski definition) is 2. The fraction of sp³-hybridized carbons (Fsp3) is 0.276. The molecule has 0 aliphatic rings. The van der Waals surface area contributed by atoms with Gasteiger partial charge in [-0.05, 0) is 84.7 Å². The van der Waals surface area contributed by atoms with E-state index < -0.39 is 5.41 Å². The van der Waals surface area contributed by atoms with Crippen molar-refractivity contribution in [3.05, 3.63) is 93.5 Å². The average molecular weight is 447 g/mol. The molecule has 0 aliphatic heterocycles. The lowest BCUT2D eigenvalue weighted by molar-refractivity contribution is -0.128. The zero-order valence-corrected chi connectivity index (χ0v) is 20.0. The predicted octanol–water partition coefficient (Wildman–Crippen LogP) is 7.31. The zero-order chi connectivity index (χ0) is 23.3. The molecule has 0 radical (unpaired) electrons. The molecular formula is C29H31ClO2. The van der Waals surface area contributed by atoms with Gasteiger partial charge in [0.15, 0.2) is 0 Å². The Morgan fingerprint density at radius 1 is 1.00 bits per heavy atom. The molecule has 0 saturated carbocycles. The molecular weight excluding hydrogens is 416 g/mol. The van der Waals surface area contributed by atoms with E-state index in [-0.39, 0.29) is 12.4 Å². The van der Waals surface area contributed by atoms with E-state index in [2.05, 4.69) is 62.4 Å². The number of aliphatic hydroxyl groups excluding tert-OH is 1. The van der Waals surface area contributed by atoms with E-state index in [1.165, 1.54) is 27.8 Å². The van der Waals surface area contributed by atoms with Crippen LogP contribution in [0.3, 0.4) is 0 Å². The molecule has 2 nitrogen and oxygen atoms in total. The molecule has 1 N–H and O–H groups in total. The van der Waals surface area contributed by atoms with Gasteiger partial charge in [0.25, 0.3) is 0 Å². The summed E-state index contributed by atoms with van der Waals surface area (Å²) in [5.41, 5.74) is 7.59. The Labute approximate surface area is 196 Å². The molecule has 0 fully saturated rings. The Balaban J connectivity index is 1.84. The maximum Gasteiger partial charge on any atom is 0.137 e. The fourth-order valence-corrected chi connectivity index (χ4v) is 3.89. The summed E-state index contributed by atoms with van der Waals surface area (Å²) in [4.78, 5) is 11.9. The van der Waals surface area contributed by atoms with Crippen molar-refractivity contribution in [1.29, 1.82) is 0 Å². The van der Waals surface area contributed by atoms with Crippen LogP contribution in [-0.2, 0) is 11.2 Å². The van der Waals surface area contributed by atoms with Crippen LogP contribution in [-0.4, -0.2) is 17.5 Å². The second-order valence-electron chi connectivity index (χ2n) is 8.83. The van der Waals surface area contributed by atoms with Crippen LogP contribution >= 0.6 is 11.6 Å². The Kier molecular flexibility index (Phi) is 7.71. The van der Waals surface area contributed by atoms with Gasteiger partial charge >= 0.3 is 0 Å². The largest absolute Gasteiger partial charge is 0.395 e. The number of aryl methyl sites for hydroxylation is 2. The number of carbonyl (C=O) groups is 1. The first kappa shape index (κ1) is 24.0. The molecule has 0 aliphatic carbocycles. The van der Waals surface area contributed by atoms with Gasteiger partial charge in [0, 0.05) is 10.4 Å². The summed E-state index contributed by atoms with van der Waals surface area (Å²) in [6, 6.07) is 20.7. The molecule has 0 saturated heterocycles. The van der Waals surface area contributed by atoms with Gasteiger partial charge in [-0.15, -0.1) is 0 Å². The number of Topliss-reactive ketones (excluding diaryl/α,β-unsaturated/α-hetero) is 1. The predicted molar refractivity (Wildman–Crippen MR) is 136 cm³/mol. The van der Waals surface area contributed by atoms with Gasteiger partial charge in [-0.2, -0.15) is 0 Å². The van der Waals surface area contributed by atoms with E-state index in [0.717, 1.165) is 22.6 Å². The third kappa shape index (κ3) is 5.56. The van der Waals surface area contributed by atoms with E-state index in [9.17, 15) is 9.90 Å². The molecule has 0 aromatic heterocycles. The van der Waals surface area contributed by atoms with Crippen LogP contribution < -0.4 is 0 Å². The first-order chi connectivity index (χ1) is 15.2. The minimum atomic E-state index is -0.680.